The van der Waals surface area contributed by atoms with Gasteiger partial charge in [0.25, 0.3) is 0 Å². The minimum absolute atomic E-state index is 0.193. The summed E-state index contributed by atoms with van der Waals surface area (Å²) >= 11 is 3.76. The molecule has 0 atom stereocenters. The third-order valence-electron chi connectivity index (χ3n) is 2.03. The van der Waals surface area contributed by atoms with Gasteiger partial charge in [-0.05, 0) is 12.8 Å². The van der Waals surface area contributed by atoms with Gasteiger partial charge < -0.3 is 5.32 Å². The summed E-state index contributed by atoms with van der Waals surface area (Å²) in [7, 11) is 0. The molecular weight excluding hydrogens is 174 g/mol. The van der Waals surface area contributed by atoms with Crippen LogP contribution in [0.15, 0.2) is 0 Å². The quantitative estimate of drug-likeness (QED) is 0.651. The van der Waals surface area contributed by atoms with E-state index in [0.29, 0.717) is 12.8 Å². The maximum absolute atomic E-state index is 11.1. The van der Waals surface area contributed by atoms with Crippen molar-refractivity contribution in [3.63, 3.8) is 0 Å². The molecule has 0 unspecified atom stereocenters. The second kappa shape index (κ2) is 4.50. The molecule has 0 fully saturated rings. The third kappa shape index (κ3) is 2.52. The number of carbonyl (C=O) groups is 2. The molecule has 0 radical (unpaired) electrons. The second-order valence-corrected chi connectivity index (χ2v) is 3.18. The van der Waals surface area contributed by atoms with E-state index in [1.165, 1.54) is 6.92 Å². The van der Waals surface area contributed by atoms with Gasteiger partial charge in [-0.1, -0.05) is 13.8 Å². The van der Waals surface area contributed by atoms with Crippen molar-refractivity contribution in [2.24, 2.45) is 0 Å². The summed E-state index contributed by atoms with van der Waals surface area (Å²) in [4.78, 5) is 21.9. The van der Waals surface area contributed by atoms with Crippen LogP contribution in [0.25, 0.3) is 0 Å². The average Bonchev–Trinajstić information content (AvgIpc) is 1.99. The zero-order valence-corrected chi connectivity index (χ0v) is 8.57. The fraction of sp³-hybridized carbons (Fsp3) is 0.750. The van der Waals surface area contributed by atoms with Crippen molar-refractivity contribution >= 4 is 23.7 Å². The summed E-state index contributed by atoms with van der Waals surface area (Å²) in [6.07, 6.45) is 1.15. The number of amides is 1. The first kappa shape index (κ1) is 11.5. The number of nitrogens with one attached hydrogen (secondary N) is 1. The minimum atomic E-state index is -0.769. The molecule has 1 N–H and O–H groups in total. The molecule has 0 aliphatic carbocycles. The molecule has 70 valence electrons. The summed E-state index contributed by atoms with van der Waals surface area (Å²) in [5, 5.41) is 2.35. The van der Waals surface area contributed by atoms with Gasteiger partial charge in [0.05, 0.1) is 0 Å². The zero-order chi connectivity index (χ0) is 9.78. The molecule has 0 rings (SSSR count). The van der Waals surface area contributed by atoms with Gasteiger partial charge >= 0.3 is 0 Å². The Kier molecular flexibility index (Phi) is 4.31. The molecule has 0 aliphatic heterocycles. The lowest BCUT2D eigenvalue weighted by molar-refractivity contribution is -0.126. The molecule has 0 bridgehead atoms. The lowest BCUT2D eigenvalue weighted by atomic mass is 9.94. The van der Waals surface area contributed by atoms with E-state index in [-0.39, 0.29) is 11.0 Å². The van der Waals surface area contributed by atoms with Crippen LogP contribution in [0.4, 0.5) is 0 Å². The summed E-state index contributed by atoms with van der Waals surface area (Å²) in [5.41, 5.74) is -0.769. The zero-order valence-electron chi connectivity index (χ0n) is 7.68. The van der Waals surface area contributed by atoms with E-state index >= 15 is 0 Å². The standard InChI is InChI=1S/C8H15NO2S/c1-4-8(5-2,7(11)12)9-6(3)10/h4-5H2,1-3H3,(H,9,10)(H,11,12). The van der Waals surface area contributed by atoms with Gasteiger partial charge in [0, 0.05) is 6.92 Å². The predicted molar refractivity (Wildman–Crippen MR) is 51.1 cm³/mol. The molecule has 0 aliphatic rings. The summed E-state index contributed by atoms with van der Waals surface area (Å²) in [6, 6.07) is 0. The van der Waals surface area contributed by atoms with E-state index < -0.39 is 5.54 Å². The Hall–Kier alpha value is -0.510. The van der Waals surface area contributed by atoms with Crippen molar-refractivity contribution in [3.05, 3.63) is 0 Å². The topological polar surface area (TPSA) is 46.2 Å². The van der Waals surface area contributed by atoms with Gasteiger partial charge in [0.15, 0.2) is 0 Å². The predicted octanol–water partition coefficient (Wildman–Crippen LogP) is 1.14. The van der Waals surface area contributed by atoms with Gasteiger partial charge in [0.2, 0.25) is 11.0 Å². The first-order chi connectivity index (χ1) is 5.48. The molecule has 0 saturated carbocycles. The molecule has 3 nitrogen and oxygen atoms in total. The SMILES string of the molecule is CCC(CC)(NC(C)=O)C(=O)S. The van der Waals surface area contributed by atoms with Crippen LogP contribution in [-0.4, -0.2) is 16.6 Å². The summed E-state index contributed by atoms with van der Waals surface area (Å²) in [6.45, 7) is 5.11. The largest absolute Gasteiger partial charge is 0.343 e. The number of hydrogen-bond donors (Lipinski definition) is 2. The van der Waals surface area contributed by atoms with Crippen LogP contribution >= 0.6 is 12.6 Å². The van der Waals surface area contributed by atoms with E-state index in [9.17, 15) is 9.59 Å². The van der Waals surface area contributed by atoms with Crippen molar-refractivity contribution in [2.75, 3.05) is 0 Å². The fourth-order valence-corrected chi connectivity index (χ4v) is 1.49. The van der Waals surface area contributed by atoms with Crippen LogP contribution < -0.4 is 5.32 Å². The maximum Gasteiger partial charge on any atom is 0.217 e. The van der Waals surface area contributed by atoms with Crippen molar-refractivity contribution in [1.29, 1.82) is 0 Å². The monoisotopic (exact) mass is 189 g/mol. The van der Waals surface area contributed by atoms with Crippen molar-refractivity contribution in [2.45, 2.75) is 39.2 Å². The van der Waals surface area contributed by atoms with Crippen LogP contribution in [-0.2, 0) is 9.59 Å². The molecule has 0 aromatic rings. The molecule has 0 saturated heterocycles. The molecule has 1 amide bonds. The van der Waals surface area contributed by atoms with Gasteiger partial charge in [-0.2, -0.15) is 0 Å². The Morgan fingerprint density at radius 3 is 1.83 bits per heavy atom. The highest BCUT2D eigenvalue weighted by molar-refractivity contribution is 7.96. The molecule has 0 spiro atoms. The van der Waals surface area contributed by atoms with Crippen LogP contribution in [0, 0.1) is 0 Å². The van der Waals surface area contributed by atoms with E-state index in [1.54, 1.807) is 0 Å². The summed E-state index contributed by atoms with van der Waals surface area (Å²) in [5.74, 6) is -0.193. The van der Waals surface area contributed by atoms with E-state index in [2.05, 4.69) is 17.9 Å². The molecule has 4 heteroatoms. The molecular formula is C8H15NO2S. The lowest BCUT2D eigenvalue weighted by Crippen LogP contribution is -2.51. The van der Waals surface area contributed by atoms with Crippen LogP contribution in [0.3, 0.4) is 0 Å². The molecule has 0 aromatic carbocycles. The van der Waals surface area contributed by atoms with E-state index in [1.807, 2.05) is 13.8 Å². The Morgan fingerprint density at radius 2 is 1.75 bits per heavy atom. The van der Waals surface area contributed by atoms with Gasteiger partial charge in [-0.3, -0.25) is 9.59 Å². The Labute approximate surface area is 78.3 Å². The maximum atomic E-state index is 11.1. The molecule has 12 heavy (non-hydrogen) atoms. The number of thiol groups is 1. The smallest absolute Gasteiger partial charge is 0.217 e. The normalized spacial score (nSPS) is 11.0. The van der Waals surface area contributed by atoms with Crippen molar-refractivity contribution in [1.82, 2.24) is 5.32 Å². The van der Waals surface area contributed by atoms with Gasteiger partial charge in [-0.25, -0.2) is 0 Å². The molecule has 0 heterocycles. The highest BCUT2D eigenvalue weighted by Crippen LogP contribution is 2.18. The first-order valence-electron chi connectivity index (χ1n) is 4.00. The first-order valence-corrected chi connectivity index (χ1v) is 4.45. The minimum Gasteiger partial charge on any atom is -0.343 e. The molecule has 0 aromatic heterocycles. The summed E-state index contributed by atoms with van der Waals surface area (Å²) < 4.78 is 0. The lowest BCUT2D eigenvalue weighted by Gasteiger charge is -2.28. The number of hydrogen-bond acceptors (Lipinski definition) is 2. The van der Waals surface area contributed by atoms with Crippen LogP contribution in [0.1, 0.15) is 33.6 Å². The number of rotatable bonds is 4. The van der Waals surface area contributed by atoms with Crippen LogP contribution in [0.2, 0.25) is 0 Å². The Morgan fingerprint density at radius 1 is 1.33 bits per heavy atom. The van der Waals surface area contributed by atoms with Gasteiger partial charge in [-0.15, -0.1) is 12.6 Å². The van der Waals surface area contributed by atoms with Crippen LogP contribution in [0.5, 0.6) is 0 Å². The second-order valence-electron chi connectivity index (χ2n) is 2.78. The fourth-order valence-electron chi connectivity index (χ4n) is 1.12. The highest BCUT2D eigenvalue weighted by Gasteiger charge is 2.32. The average molecular weight is 189 g/mol. The third-order valence-corrected chi connectivity index (χ3v) is 2.46. The van der Waals surface area contributed by atoms with E-state index in [0.717, 1.165) is 0 Å². The van der Waals surface area contributed by atoms with Gasteiger partial charge in [0.1, 0.15) is 5.54 Å². The van der Waals surface area contributed by atoms with Crippen molar-refractivity contribution < 1.29 is 9.59 Å². The Bertz CT molecular complexity index is 187. The van der Waals surface area contributed by atoms with E-state index in [4.69, 9.17) is 0 Å². The van der Waals surface area contributed by atoms with Crippen molar-refractivity contribution in [3.8, 4) is 0 Å². The number of carbonyl (C=O) groups excluding carboxylic acids is 2. The highest BCUT2D eigenvalue weighted by atomic mass is 32.1. The Balaban J connectivity index is 4.58.